The second-order valence-electron chi connectivity index (χ2n) is 6.41. The fourth-order valence-electron chi connectivity index (χ4n) is 3.22. The van der Waals surface area contributed by atoms with Gasteiger partial charge in [-0.1, -0.05) is 26.2 Å². The summed E-state index contributed by atoms with van der Waals surface area (Å²) in [6.07, 6.45) is 8.21. The summed E-state index contributed by atoms with van der Waals surface area (Å²) in [5.41, 5.74) is 6.76. The first kappa shape index (κ1) is 16.7. The summed E-state index contributed by atoms with van der Waals surface area (Å²) < 4.78 is 0. The highest BCUT2D eigenvalue weighted by Gasteiger charge is 2.36. The predicted octanol–water partition coefficient (Wildman–Crippen LogP) is 3.29. The van der Waals surface area contributed by atoms with Crippen LogP contribution in [0.4, 0.5) is 5.13 Å². The molecule has 118 valence electrons. The highest BCUT2D eigenvalue weighted by molar-refractivity contribution is 7.15. The Bertz CT molecular complexity index is 511. The smallest absolute Gasteiger partial charge is 0.246 e. The van der Waals surface area contributed by atoms with Crippen molar-refractivity contribution in [2.45, 2.75) is 63.8 Å². The quantitative estimate of drug-likeness (QED) is 0.874. The summed E-state index contributed by atoms with van der Waals surface area (Å²) in [4.78, 5) is 18.3. The summed E-state index contributed by atoms with van der Waals surface area (Å²) >= 11 is 1.63. The molecule has 1 saturated carbocycles. The van der Waals surface area contributed by atoms with E-state index in [2.05, 4.69) is 17.2 Å². The van der Waals surface area contributed by atoms with Crippen molar-refractivity contribution >= 4 is 34.8 Å². The van der Waals surface area contributed by atoms with E-state index >= 15 is 0 Å². The van der Waals surface area contributed by atoms with Crippen LogP contribution in [0.1, 0.15) is 56.0 Å². The van der Waals surface area contributed by atoms with Gasteiger partial charge in [0.15, 0.2) is 5.13 Å². The van der Waals surface area contributed by atoms with Crippen molar-refractivity contribution in [2.24, 2.45) is 11.7 Å². The molecule has 0 radical (unpaired) electrons. The Morgan fingerprint density at radius 3 is 2.81 bits per heavy atom. The monoisotopic (exact) mass is 329 g/mol. The van der Waals surface area contributed by atoms with E-state index in [-0.39, 0.29) is 18.3 Å². The van der Waals surface area contributed by atoms with Gasteiger partial charge < -0.3 is 11.1 Å². The third-order valence-electron chi connectivity index (χ3n) is 4.60. The van der Waals surface area contributed by atoms with E-state index in [1.165, 1.54) is 23.4 Å². The van der Waals surface area contributed by atoms with Crippen molar-refractivity contribution in [3.63, 3.8) is 0 Å². The fourth-order valence-corrected chi connectivity index (χ4v) is 4.39. The lowest BCUT2D eigenvalue weighted by Gasteiger charge is -2.31. The number of fused-ring (bicyclic) bond motifs is 1. The molecule has 2 aliphatic carbocycles. The molecule has 1 aromatic heterocycles. The number of hydrogen-bond donors (Lipinski definition) is 2. The molecule has 6 heteroatoms. The second kappa shape index (κ2) is 6.63. The van der Waals surface area contributed by atoms with E-state index in [1.807, 2.05) is 0 Å². The molecule has 1 aromatic rings. The Morgan fingerprint density at radius 2 is 2.10 bits per heavy atom. The topological polar surface area (TPSA) is 68.0 Å². The van der Waals surface area contributed by atoms with E-state index in [4.69, 9.17) is 5.73 Å². The van der Waals surface area contributed by atoms with E-state index < -0.39 is 5.54 Å². The van der Waals surface area contributed by atoms with Crippen LogP contribution >= 0.6 is 23.7 Å². The lowest BCUT2D eigenvalue weighted by molar-refractivity contribution is -0.122. The molecule has 2 aliphatic rings. The van der Waals surface area contributed by atoms with Gasteiger partial charge in [0.05, 0.1) is 11.2 Å². The van der Waals surface area contributed by atoms with Crippen LogP contribution < -0.4 is 11.1 Å². The summed E-state index contributed by atoms with van der Waals surface area (Å²) in [6, 6.07) is 0. The molecule has 3 rings (SSSR count). The van der Waals surface area contributed by atoms with Crippen LogP contribution in [0.15, 0.2) is 0 Å². The second-order valence-corrected chi connectivity index (χ2v) is 7.49. The highest BCUT2D eigenvalue weighted by atomic mass is 35.5. The zero-order valence-corrected chi connectivity index (χ0v) is 14.1. The molecule has 0 saturated heterocycles. The largest absolute Gasteiger partial charge is 0.317 e. The fraction of sp³-hybridized carbons (Fsp3) is 0.733. The first-order valence-corrected chi connectivity index (χ1v) is 8.47. The van der Waals surface area contributed by atoms with Crippen LogP contribution in [0, 0.1) is 5.92 Å². The van der Waals surface area contributed by atoms with Crippen molar-refractivity contribution in [1.82, 2.24) is 4.98 Å². The van der Waals surface area contributed by atoms with Gasteiger partial charge >= 0.3 is 0 Å². The molecule has 1 heterocycles. The Hall–Kier alpha value is -0.650. The number of nitrogens with zero attached hydrogens (tertiary/aromatic N) is 1. The SMILES string of the molecule is CC1CCc2nc(NC(=O)C3(N)CCCCC3)sc2C1.Cl. The Kier molecular flexibility index (Phi) is 5.28. The molecular formula is C15H24ClN3OS. The van der Waals surface area contributed by atoms with Crippen LogP contribution in [-0.2, 0) is 17.6 Å². The third kappa shape index (κ3) is 3.58. The lowest BCUT2D eigenvalue weighted by atomic mass is 9.82. The number of aryl methyl sites for hydroxylation is 1. The van der Waals surface area contributed by atoms with Gasteiger partial charge in [0, 0.05) is 4.88 Å². The van der Waals surface area contributed by atoms with E-state index in [1.54, 1.807) is 11.3 Å². The molecule has 0 aromatic carbocycles. The number of rotatable bonds is 2. The summed E-state index contributed by atoms with van der Waals surface area (Å²) in [6.45, 7) is 2.28. The molecule has 0 spiro atoms. The van der Waals surface area contributed by atoms with Crippen LogP contribution in [0.5, 0.6) is 0 Å². The van der Waals surface area contributed by atoms with Crippen LogP contribution in [0.3, 0.4) is 0 Å². The summed E-state index contributed by atoms with van der Waals surface area (Å²) in [5, 5.41) is 3.71. The number of thiazole rings is 1. The molecular weight excluding hydrogens is 306 g/mol. The van der Waals surface area contributed by atoms with Gasteiger partial charge in [-0.15, -0.1) is 23.7 Å². The first-order chi connectivity index (χ1) is 9.57. The van der Waals surface area contributed by atoms with Gasteiger partial charge in [0.2, 0.25) is 5.91 Å². The van der Waals surface area contributed by atoms with Gasteiger partial charge in [-0.3, -0.25) is 4.79 Å². The van der Waals surface area contributed by atoms with Crippen molar-refractivity contribution in [3.05, 3.63) is 10.6 Å². The number of aromatic nitrogens is 1. The number of nitrogens with two attached hydrogens (primary N) is 1. The number of hydrogen-bond acceptors (Lipinski definition) is 4. The van der Waals surface area contributed by atoms with Gasteiger partial charge in [-0.05, 0) is 38.0 Å². The number of amides is 1. The minimum atomic E-state index is -0.683. The van der Waals surface area contributed by atoms with Crippen molar-refractivity contribution < 1.29 is 4.79 Å². The third-order valence-corrected chi connectivity index (χ3v) is 5.64. The molecule has 21 heavy (non-hydrogen) atoms. The maximum atomic E-state index is 12.4. The minimum Gasteiger partial charge on any atom is -0.317 e. The maximum absolute atomic E-state index is 12.4. The van der Waals surface area contributed by atoms with Crippen LogP contribution in [-0.4, -0.2) is 16.4 Å². The Labute approximate surface area is 136 Å². The Balaban J connectivity index is 0.00000161. The zero-order valence-electron chi connectivity index (χ0n) is 12.5. The summed E-state index contributed by atoms with van der Waals surface area (Å²) in [7, 11) is 0. The highest BCUT2D eigenvalue weighted by Crippen LogP contribution is 2.33. The van der Waals surface area contributed by atoms with Crippen molar-refractivity contribution in [1.29, 1.82) is 0 Å². The molecule has 1 fully saturated rings. The minimum absolute atomic E-state index is 0. The number of nitrogens with one attached hydrogen (secondary N) is 1. The first-order valence-electron chi connectivity index (χ1n) is 7.66. The number of carbonyl (C=O) groups excluding carboxylic acids is 1. The average Bonchev–Trinajstić information content (AvgIpc) is 2.81. The van der Waals surface area contributed by atoms with E-state index in [0.29, 0.717) is 0 Å². The zero-order chi connectivity index (χ0) is 14.2. The van der Waals surface area contributed by atoms with Gasteiger partial charge in [0.1, 0.15) is 0 Å². The predicted molar refractivity (Wildman–Crippen MR) is 89.2 cm³/mol. The normalized spacial score (nSPS) is 23.8. The molecule has 1 unspecified atom stereocenters. The van der Waals surface area contributed by atoms with Crippen molar-refractivity contribution in [3.8, 4) is 0 Å². The molecule has 4 nitrogen and oxygen atoms in total. The van der Waals surface area contributed by atoms with Gasteiger partial charge in [0.25, 0.3) is 0 Å². The number of carbonyl (C=O) groups is 1. The van der Waals surface area contributed by atoms with Crippen molar-refractivity contribution in [2.75, 3.05) is 5.32 Å². The molecule has 3 N–H and O–H groups in total. The summed E-state index contributed by atoms with van der Waals surface area (Å²) in [5.74, 6) is 0.682. The van der Waals surface area contributed by atoms with E-state index in [0.717, 1.165) is 49.6 Å². The van der Waals surface area contributed by atoms with Gasteiger partial charge in [-0.2, -0.15) is 0 Å². The Morgan fingerprint density at radius 1 is 1.38 bits per heavy atom. The number of halogens is 1. The van der Waals surface area contributed by atoms with Gasteiger partial charge in [-0.25, -0.2) is 4.98 Å². The average molecular weight is 330 g/mol. The molecule has 0 bridgehead atoms. The lowest BCUT2D eigenvalue weighted by Crippen LogP contribution is -2.52. The standard InChI is InChI=1S/C15H23N3OS.ClH/c1-10-5-6-11-12(9-10)20-14(17-11)18-13(19)15(16)7-3-2-4-8-15;/h10H,2-9,16H2,1H3,(H,17,18,19);1H. The maximum Gasteiger partial charge on any atom is 0.246 e. The molecule has 1 amide bonds. The molecule has 0 aliphatic heterocycles. The van der Waals surface area contributed by atoms with Crippen LogP contribution in [0.25, 0.3) is 0 Å². The molecule has 1 atom stereocenters. The number of anilines is 1. The van der Waals surface area contributed by atoms with Crippen LogP contribution in [0.2, 0.25) is 0 Å². The van der Waals surface area contributed by atoms with E-state index in [9.17, 15) is 4.79 Å².